The molecule has 0 saturated heterocycles. The predicted molar refractivity (Wildman–Crippen MR) is 49.0 cm³/mol. The standard InChI is InChI=1S/C10H11N2/c1-3-12-8(2)9-6-4-5-7-10(9)11-12/h5-7H,3H2,1-2H3. The van der Waals surface area contributed by atoms with Crippen molar-refractivity contribution in [1.29, 1.82) is 0 Å². The maximum atomic E-state index is 4.43. The van der Waals surface area contributed by atoms with Gasteiger partial charge in [-0.15, -0.1) is 0 Å². The Morgan fingerprint density at radius 2 is 2.42 bits per heavy atom. The zero-order valence-electron chi connectivity index (χ0n) is 7.33. The van der Waals surface area contributed by atoms with Crippen molar-refractivity contribution in [3.8, 4) is 0 Å². The first-order valence-electron chi connectivity index (χ1n) is 4.16. The minimum Gasteiger partial charge on any atom is -0.269 e. The fourth-order valence-corrected chi connectivity index (χ4v) is 1.45. The van der Waals surface area contributed by atoms with Crippen LogP contribution >= 0.6 is 0 Å². The van der Waals surface area contributed by atoms with Crippen molar-refractivity contribution in [3.63, 3.8) is 0 Å². The van der Waals surface area contributed by atoms with Crippen molar-refractivity contribution in [1.82, 2.24) is 9.78 Å². The van der Waals surface area contributed by atoms with Gasteiger partial charge in [-0.3, -0.25) is 4.68 Å². The van der Waals surface area contributed by atoms with Crippen LogP contribution in [-0.4, -0.2) is 9.78 Å². The average Bonchev–Trinajstić information content (AvgIpc) is 2.44. The second-order valence-corrected chi connectivity index (χ2v) is 2.84. The zero-order chi connectivity index (χ0) is 8.55. The monoisotopic (exact) mass is 159 g/mol. The van der Waals surface area contributed by atoms with Gasteiger partial charge in [0.2, 0.25) is 0 Å². The second kappa shape index (κ2) is 2.63. The molecule has 0 fully saturated rings. The molecule has 0 aliphatic carbocycles. The highest BCUT2D eigenvalue weighted by Crippen LogP contribution is 2.16. The van der Waals surface area contributed by atoms with Crippen LogP contribution in [0.4, 0.5) is 0 Å². The van der Waals surface area contributed by atoms with E-state index < -0.39 is 0 Å². The average molecular weight is 159 g/mol. The van der Waals surface area contributed by atoms with Gasteiger partial charge in [-0.2, -0.15) is 5.10 Å². The summed E-state index contributed by atoms with van der Waals surface area (Å²) in [5.41, 5.74) is 2.29. The molecule has 0 N–H and O–H groups in total. The molecule has 0 spiro atoms. The molecule has 1 radical (unpaired) electrons. The van der Waals surface area contributed by atoms with Crippen LogP contribution < -0.4 is 0 Å². The molecular formula is C10H11N2. The Kier molecular flexibility index (Phi) is 1.61. The van der Waals surface area contributed by atoms with E-state index in [2.05, 4.69) is 25.0 Å². The van der Waals surface area contributed by atoms with Gasteiger partial charge in [0, 0.05) is 17.6 Å². The number of benzene rings is 1. The molecule has 1 aromatic carbocycles. The van der Waals surface area contributed by atoms with Gasteiger partial charge in [0.05, 0.1) is 5.52 Å². The van der Waals surface area contributed by atoms with Crippen molar-refractivity contribution in [2.24, 2.45) is 0 Å². The quantitative estimate of drug-likeness (QED) is 0.623. The van der Waals surface area contributed by atoms with E-state index in [1.165, 1.54) is 11.1 Å². The van der Waals surface area contributed by atoms with Gasteiger partial charge in [-0.25, -0.2) is 0 Å². The van der Waals surface area contributed by atoms with Crippen LogP contribution in [0, 0.1) is 13.0 Å². The molecule has 1 heterocycles. The maximum Gasteiger partial charge on any atom is 0.0926 e. The van der Waals surface area contributed by atoms with Crippen molar-refractivity contribution in [3.05, 3.63) is 30.0 Å². The Balaban J connectivity index is 2.78. The van der Waals surface area contributed by atoms with E-state index in [1.54, 1.807) is 0 Å². The van der Waals surface area contributed by atoms with Crippen LogP contribution in [0.3, 0.4) is 0 Å². The van der Waals surface area contributed by atoms with Gasteiger partial charge >= 0.3 is 0 Å². The van der Waals surface area contributed by atoms with Gasteiger partial charge in [-0.1, -0.05) is 6.07 Å². The SMILES string of the molecule is CCn1nc2cc[c]cc2c1C. The third-order valence-electron chi connectivity index (χ3n) is 2.15. The van der Waals surface area contributed by atoms with E-state index in [0.29, 0.717) is 0 Å². The first-order chi connectivity index (χ1) is 5.83. The third kappa shape index (κ3) is 0.916. The van der Waals surface area contributed by atoms with Crippen molar-refractivity contribution in [2.75, 3.05) is 0 Å². The van der Waals surface area contributed by atoms with Crippen molar-refractivity contribution >= 4 is 10.9 Å². The highest BCUT2D eigenvalue weighted by molar-refractivity contribution is 5.80. The number of nitrogens with zero attached hydrogens (tertiary/aromatic N) is 2. The number of hydrogen-bond donors (Lipinski definition) is 0. The summed E-state index contributed by atoms with van der Waals surface area (Å²) in [5.74, 6) is 0. The van der Waals surface area contributed by atoms with Gasteiger partial charge in [0.1, 0.15) is 0 Å². The topological polar surface area (TPSA) is 17.8 Å². The summed E-state index contributed by atoms with van der Waals surface area (Å²) < 4.78 is 2.01. The summed E-state index contributed by atoms with van der Waals surface area (Å²) in [6.45, 7) is 5.12. The van der Waals surface area contributed by atoms with Gasteiger partial charge in [0.25, 0.3) is 0 Å². The van der Waals surface area contributed by atoms with Crippen LogP contribution in [0.15, 0.2) is 18.2 Å². The predicted octanol–water partition coefficient (Wildman–Crippen LogP) is 2.16. The highest BCUT2D eigenvalue weighted by atomic mass is 15.3. The van der Waals surface area contributed by atoms with E-state index in [-0.39, 0.29) is 0 Å². The fraction of sp³-hybridized carbons (Fsp3) is 0.300. The lowest BCUT2D eigenvalue weighted by Crippen LogP contribution is -1.97. The van der Waals surface area contributed by atoms with E-state index >= 15 is 0 Å². The van der Waals surface area contributed by atoms with Crippen LogP contribution in [0.2, 0.25) is 0 Å². The highest BCUT2D eigenvalue weighted by Gasteiger charge is 2.03. The molecule has 2 nitrogen and oxygen atoms in total. The third-order valence-corrected chi connectivity index (χ3v) is 2.15. The Morgan fingerprint density at radius 3 is 3.08 bits per heavy atom. The van der Waals surface area contributed by atoms with Crippen molar-refractivity contribution < 1.29 is 0 Å². The lowest BCUT2D eigenvalue weighted by Gasteiger charge is -1.96. The fourth-order valence-electron chi connectivity index (χ4n) is 1.45. The molecule has 0 atom stereocenters. The van der Waals surface area contributed by atoms with Crippen LogP contribution in [0.1, 0.15) is 12.6 Å². The molecule has 2 rings (SSSR count). The lowest BCUT2D eigenvalue weighted by atomic mass is 10.2. The number of fused-ring (bicyclic) bond motifs is 1. The summed E-state index contributed by atoms with van der Waals surface area (Å²) in [4.78, 5) is 0. The van der Waals surface area contributed by atoms with Gasteiger partial charge in [-0.05, 0) is 32.0 Å². The first kappa shape index (κ1) is 7.35. The maximum absolute atomic E-state index is 4.43. The summed E-state index contributed by atoms with van der Waals surface area (Å²) >= 11 is 0. The van der Waals surface area contributed by atoms with Crippen LogP contribution in [-0.2, 0) is 6.54 Å². The second-order valence-electron chi connectivity index (χ2n) is 2.84. The Morgan fingerprint density at radius 1 is 1.58 bits per heavy atom. The number of rotatable bonds is 1. The summed E-state index contributed by atoms with van der Waals surface area (Å²) in [5, 5.41) is 5.64. The molecule has 0 saturated carbocycles. The molecule has 0 aliphatic rings. The summed E-state index contributed by atoms with van der Waals surface area (Å²) in [7, 11) is 0. The number of hydrogen-bond acceptors (Lipinski definition) is 1. The molecule has 61 valence electrons. The summed E-state index contributed by atoms with van der Waals surface area (Å²) in [6.07, 6.45) is 0. The van der Waals surface area contributed by atoms with Gasteiger partial charge < -0.3 is 0 Å². The van der Waals surface area contributed by atoms with Gasteiger partial charge in [0.15, 0.2) is 0 Å². The first-order valence-corrected chi connectivity index (χ1v) is 4.16. The molecule has 2 heteroatoms. The van der Waals surface area contributed by atoms with E-state index in [9.17, 15) is 0 Å². The molecule has 0 bridgehead atoms. The Labute approximate surface area is 71.8 Å². The summed E-state index contributed by atoms with van der Waals surface area (Å²) in [6, 6.07) is 8.94. The number of aromatic nitrogens is 2. The Hall–Kier alpha value is -1.31. The van der Waals surface area contributed by atoms with E-state index in [4.69, 9.17) is 0 Å². The Bertz CT molecular complexity index is 401. The van der Waals surface area contributed by atoms with Crippen LogP contribution in [0.5, 0.6) is 0 Å². The van der Waals surface area contributed by atoms with E-state index in [0.717, 1.165) is 12.1 Å². The largest absolute Gasteiger partial charge is 0.269 e. The molecular weight excluding hydrogens is 148 g/mol. The minimum atomic E-state index is 0.931. The van der Waals surface area contributed by atoms with E-state index in [1.807, 2.05) is 22.9 Å². The number of aryl methyl sites for hydroxylation is 2. The lowest BCUT2D eigenvalue weighted by molar-refractivity contribution is 0.647. The molecule has 1 aromatic heterocycles. The minimum absolute atomic E-state index is 0.931. The molecule has 2 aromatic rings. The zero-order valence-corrected chi connectivity index (χ0v) is 7.33. The van der Waals surface area contributed by atoms with Crippen LogP contribution in [0.25, 0.3) is 10.9 Å². The molecule has 0 aliphatic heterocycles. The molecule has 12 heavy (non-hydrogen) atoms. The molecule has 0 amide bonds. The molecule has 0 unspecified atom stereocenters. The van der Waals surface area contributed by atoms with Crippen molar-refractivity contribution in [2.45, 2.75) is 20.4 Å². The smallest absolute Gasteiger partial charge is 0.0926 e. The normalized spacial score (nSPS) is 10.8.